The van der Waals surface area contributed by atoms with Crippen molar-refractivity contribution < 1.29 is 9.59 Å². The van der Waals surface area contributed by atoms with Gasteiger partial charge in [0.1, 0.15) is 12.1 Å². The van der Waals surface area contributed by atoms with Gasteiger partial charge in [0.2, 0.25) is 11.8 Å². The molecular weight excluding hydrogens is 406 g/mol. The Hall–Kier alpha value is -3.49. The molecule has 1 aromatic carbocycles. The molecular formula is C23H29N7O2. The quantitative estimate of drug-likeness (QED) is 0.523. The number of likely N-dealkylation sites (tertiary alicyclic amines) is 1. The van der Waals surface area contributed by atoms with Gasteiger partial charge in [-0.1, -0.05) is 30.3 Å². The first-order valence-corrected chi connectivity index (χ1v) is 11.1. The summed E-state index contributed by atoms with van der Waals surface area (Å²) in [5.74, 6) is 1.52. The molecule has 0 unspecified atom stereocenters. The zero-order valence-corrected chi connectivity index (χ0v) is 18.3. The minimum absolute atomic E-state index is 0.0432. The van der Waals surface area contributed by atoms with Gasteiger partial charge in [0.15, 0.2) is 0 Å². The highest BCUT2D eigenvalue weighted by atomic mass is 16.2. The Morgan fingerprint density at radius 3 is 2.69 bits per heavy atom. The Balaban J connectivity index is 1.16. The average Bonchev–Trinajstić information content (AvgIpc) is 3.29. The molecule has 4 rings (SSSR count). The zero-order valence-electron chi connectivity index (χ0n) is 18.3. The predicted molar refractivity (Wildman–Crippen MR) is 121 cm³/mol. The number of hydrogen-bond acceptors (Lipinski definition) is 6. The fraction of sp³-hybridized carbons (Fsp3) is 0.435. The maximum atomic E-state index is 12.5. The number of nitrogens with one attached hydrogen (secondary N) is 2. The van der Waals surface area contributed by atoms with Gasteiger partial charge >= 0.3 is 0 Å². The Morgan fingerprint density at radius 1 is 1.12 bits per heavy atom. The number of benzene rings is 1. The van der Waals surface area contributed by atoms with Crippen molar-refractivity contribution in [2.24, 2.45) is 5.92 Å². The zero-order chi connectivity index (χ0) is 22.3. The van der Waals surface area contributed by atoms with Crippen molar-refractivity contribution in [3.63, 3.8) is 0 Å². The van der Waals surface area contributed by atoms with Crippen LogP contribution in [0.2, 0.25) is 0 Å². The number of fused-ring (bicyclic) bond motifs is 1. The van der Waals surface area contributed by atoms with Crippen LogP contribution in [0.3, 0.4) is 0 Å². The summed E-state index contributed by atoms with van der Waals surface area (Å²) in [7, 11) is 0. The van der Waals surface area contributed by atoms with Gasteiger partial charge < -0.3 is 15.5 Å². The second-order valence-corrected chi connectivity index (χ2v) is 8.11. The molecule has 1 aliphatic heterocycles. The number of aromatic nitrogens is 4. The molecule has 2 N–H and O–H groups in total. The monoisotopic (exact) mass is 435 g/mol. The standard InChI is InChI=1S/C23H29N7O2/c1-17-15-20(30-23(28-17)26-16-27-30)24-11-12-25-22(32)19-9-13-29(14-10-19)21(31)8-7-18-5-3-2-4-6-18/h2-6,15-16,19,24H,7-14H2,1H3,(H,25,32). The summed E-state index contributed by atoms with van der Waals surface area (Å²) in [6.07, 6.45) is 4.15. The number of piperidine rings is 1. The first kappa shape index (κ1) is 21.7. The highest BCUT2D eigenvalue weighted by Crippen LogP contribution is 2.18. The lowest BCUT2D eigenvalue weighted by Crippen LogP contribution is -2.43. The number of carbonyl (C=O) groups excluding carboxylic acids is 2. The molecule has 0 radical (unpaired) electrons. The van der Waals surface area contributed by atoms with Crippen molar-refractivity contribution in [1.29, 1.82) is 0 Å². The van der Waals surface area contributed by atoms with Gasteiger partial charge in [-0.05, 0) is 31.7 Å². The molecule has 0 aliphatic carbocycles. The molecule has 168 valence electrons. The van der Waals surface area contributed by atoms with Crippen LogP contribution in [0.5, 0.6) is 0 Å². The second kappa shape index (κ2) is 10.2. The van der Waals surface area contributed by atoms with E-state index in [1.54, 1.807) is 4.52 Å². The van der Waals surface area contributed by atoms with Crippen molar-refractivity contribution in [3.8, 4) is 0 Å². The van der Waals surface area contributed by atoms with E-state index in [9.17, 15) is 9.59 Å². The highest BCUT2D eigenvalue weighted by Gasteiger charge is 2.26. The molecule has 0 atom stereocenters. The molecule has 0 bridgehead atoms. The van der Waals surface area contributed by atoms with Crippen molar-refractivity contribution >= 4 is 23.4 Å². The van der Waals surface area contributed by atoms with Gasteiger partial charge in [0, 0.05) is 50.3 Å². The molecule has 3 aromatic rings. The number of anilines is 1. The summed E-state index contributed by atoms with van der Waals surface area (Å²) in [4.78, 5) is 35.3. The van der Waals surface area contributed by atoms with E-state index in [1.807, 2.05) is 48.2 Å². The van der Waals surface area contributed by atoms with Gasteiger partial charge in [-0.2, -0.15) is 14.6 Å². The van der Waals surface area contributed by atoms with Crippen LogP contribution in [0.25, 0.3) is 5.78 Å². The number of nitrogens with zero attached hydrogens (tertiary/aromatic N) is 5. The summed E-state index contributed by atoms with van der Waals surface area (Å²) in [6.45, 7) is 4.27. The van der Waals surface area contributed by atoms with E-state index in [1.165, 1.54) is 11.9 Å². The molecule has 2 aromatic heterocycles. The van der Waals surface area contributed by atoms with Crippen molar-refractivity contribution in [2.75, 3.05) is 31.5 Å². The fourth-order valence-electron chi connectivity index (χ4n) is 4.02. The summed E-state index contributed by atoms with van der Waals surface area (Å²) in [6, 6.07) is 12.0. The number of carbonyl (C=O) groups is 2. The van der Waals surface area contributed by atoms with Crippen LogP contribution in [0.15, 0.2) is 42.7 Å². The molecule has 3 heterocycles. The van der Waals surface area contributed by atoms with Crippen LogP contribution in [-0.4, -0.2) is 62.5 Å². The van der Waals surface area contributed by atoms with Crippen LogP contribution in [0.1, 0.15) is 30.5 Å². The van der Waals surface area contributed by atoms with Crippen LogP contribution < -0.4 is 10.6 Å². The molecule has 9 heteroatoms. The third-order valence-electron chi connectivity index (χ3n) is 5.80. The topological polar surface area (TPSA) is 105 Å². The van der Waals surface area contributed by atoms with Gasteiger partial charge in [-0.3, -0.25) is 9.59 Å². The summed E-state index contributed by atoms with van der Waals surface area (Å²) < 4.78 is 1.64. The fourth-order valence-corrected chi connectivity index (χ4v) is 4.02. The van der Waals surface area contributed by atoms with Crippen LogP contribution >= 0.6 is 0 Å². The van der Waals surface area contributed by atoms with E-state index in [-0.39, 0.29) is 17.7 Å². The van der Waals surface area contributed by atoms with Crippen LogP contribution in [0.4, 0.5) is 5.82 Å². The van der Waals surface area contributed by atoms with E-state index in [2.05, 4.69) is 25.7 Å². The van der Waals surface area contributed by atoms with Crippen molar-refractivity contribution in [3.05, 3.63) is 54.0 Å². The maximum Gasteiger partial charge on any atom is 0.254 e. The molecule has 1 aliphatic rings. The number of hydrogen-bond donors (Lipinski definition) is 2. The Kier molecular flexibility index (Phi) is 6.94. The minimum atomic E-state index is -0.0432. The lowest BCUT2D eigenvalue weighted by molar-refractivity contribution is -0.135. The lowest BCUT2D eigenvalue weighted by atomic mass is 9.95. The normalized spacial score (nSPS) is 14.5. The number of amides is 2. The maximum absolute atomic E-state index is 12.5. The van der Waals surface area contributed by atoms with Crippen LogP contribution in [0, 0.1) is 12.8 Å². The average molecular weight is 436 g/mol. The lowest BCUT2D eigenvalue weighted by Gasteiger charge is -2.31. The number of aryl methyl sites for hydroxylation is 2. The van der Waals surface area contributed by atoms with Crippen molar-refractivity contribution in [2.45, 2.75) is 32.6 Å². The SMILES string of the molecule is Cc1cc(NCCNC(=O)C2CCN(C(=O)CCc3ccccc3)CC2)n2ncnc2n1. The molecule has 0 saturated carbocycles. The number of rotatable bonds is 8. The highest BCUT2D eigenvalue weighted by molar-refractivity contribution is 5.80. The first-order chi connectivity index (χ1) is 15.6. The predicted octanol–water partition coefficient (Wildman–Crippen LogP) is 1.83. The molecule has 32 heavy (non-hydrogen) atoms. The smallest absolute Gasteiger partial charge is 0.254 e. The third kappa shape index (κ3) is 5.40. The van der Waals surface area contributed by atoms with Gasteiger partial charge in [-0.15, -0.1) is 0 Å². The summed E-state index contributed by atoms with van der Waals surface area (Å²) in [5.41, 5.74) is 2.03. The van der Waals surface area contributed by atoms with E-state index < -0.39 is 0 Å². The van der Waals surface area contributed by atoms with E-state index >= 15 is 0 Å². The minimum Gasteiger partial charge on any atom is -0.368 e. The van der Waals surface area contributed by atoms with Crippen LogP contribution in [-0.2, 0) is 16.0 Å². The Morgan fingerprint density at radius 2 is 1.91 bits per heavy atom. The molecule has 2 amide bonds. The van der Waals surface area contributed by atoms with Gasteiger partial charge in [-0.25, -0.2) is 4.98 Å². The van der Waals surface area contributed by atoms with Gasteiger partial charge in [0.25, 0.3) is 5.78 Å². The Bertz CT molecular complexity index is 1060. The summed E-state index contributed by atoms with van der Waals surface area (Å²) >= 11 is 0. The third-order valence-corrected chi connectivity index (χ3v) is 5.80. The largest absolute Gasteiger partial charge is 0.368 e. The van der Waals surface area contributed by atoms with E-state index in [0.717, 1.165) is 17.9 Å². The van der Waals surface area contributed by atoms with Gasteiger partial charge in [0.05, 0.1) is 0 Å². The first-order valence-electron chi connectivity index (χ1n) is 11.1. The molecule has 9 nitrogen and oxygen atoms in total. The summed E-state index contributed by atoms with van der Waals surface area (Å²) in [5, 5.41) is 10.4. The van der Waals surface area contributed by atoms with Crippen molar-refractivity contribution in [1.82, 2.24) is 29.8 Å². The molecule has 1 saturated heterocycles. The second-order valence-electron chi connectivity index (χ2n) is 8.11. The van der Waals surface area contributed by atoms with E-state index in [4.69, 9.17) is 0 Å². The molecule has 1 fully saturated rings. The Labute approximate surface area is 187 Å². The molecule has 0 spiro atoms. The van der Waals surface area contributed by atoms with E-state index in [0.29, 0.717) is 51.2 Å².